The van der Waals surface area contributed by atoms with Gasteiger partial charge in [-0.25, -0.2) is 9.78 Å². The fraction of sp³-hybridized carbons (Fsp3) is 0.500. The molecule has 16 heavy (non-hydrogen) atoms. The Morgan fingerprint density at radius 1 is 1.56 bits per heavy atom. The molecule has 88 valence electrons. The van der Waals surface area contributed by atoms with Crippen molar-refractivity contribution in [3.8, 4) is 0 Å². The Bertz CT molecular complexity index is 357. The second-order valence-electron chi connectivity index (χ2n) is 3.06. The maximum absolute atomic E-state index is 11.2. The lowest BCUT2D eigenvalue weighted by atomic mass is 10.4. The van der Waals surface area contributed by atoms with Gasteiger partial charge in [0.15, 0.2) is 5.69 Å². The van der Waals surface area contributed by atoms with Crippen LogP contribution in [0.15, 0.2) is 12.4 Å². The Balaban J connectivity index is 2.92. The van der Waals surface area contributed by atoms with Crippen molar-refractivity contribution in [3.63, 3.8) is 0 Å². The maximum Gasteiger partial charge on any atom is 0.358 e. The molecule has 1 aromatic heterocycles. The molecule has 0 fully saturated rings. The lowest BCUT2D eigenvalue weighted by Gasteiger charge is -2.20. The molecule has 0 atom stereocenters. The van der Waals surface area contributed by atoms with Crippen molar-refractivity contribution in [1.29, 1.82) is 0 Å². The van der Waals surface area contributed by atoms with E-state index in [9.17, 15) is 4.79 Å². The average molecular weight is 225 g/mol. The van der Waals surface area contributed by atoms with Crippen molar-refractivity contribution in [1.82, 2.24) is 9.97 Å². The van der Waals surface area contributed by atoms with Crippen molar-refractivity contribution in [3.05, 3.63) is 18.1 Å². The zero-order valence-corrected chi connectivity index (χ0v) is 9.38. The molecule has 0 aliphatic rings. The van der Waals surface area contributed by atoms with Crippen molar-refractivity contribution in [2.75, 3.05) is 31.7 Å². The normalized spacial score (nSPS) is 9.94. The third kappa shape index (κ3) is 2.90. The number of methoxy groups -OCH3 is 1. The van der Waals surface area contributed by atoms with Gasteiger partial charge in [0, 0.05) is 13.1 Å². The number of likely N-dealkylation sites (N-methyl/N-ethyl adjacent to an activating group) is 1. The molecule has 6 heteroatoms. The van der Waals surface area contributed by atoms with E-state index < -0.39 is 5.97 Å². The van der Waals surface area contributed by atoms with Crippen LogP contribution in [-0.4, -0.2) is 47.8 Å². The number of carbonyl (C=O) groups excluding carboxylic acids is 1. The molecule has 0 saturated carbocycles. The SMILES string of the molecule is CCN(CCO)c1cncc(C(=O)OC)n1. The van der Waals surface area contributed by atoms with Gasteiger partial charge in [-0.2, -0.15) is 0 Å². The van der Waals surface area contributed by atoms with Crippen molar-refractivity contribution < 1.29 is 14.6 Å². The topological polar surface area (TPSA) is 75.5 Å². The Labute approximate surface area is 93.9 Å². The molecule has 0 aliphatic carbocycles. The molecule has 0 aliphatic heterocycles. The van der Waals surface area contributed by atoms with E-state index in [4.69, 9.17) is 5.11 Å². The van der Waals surface area contributed by atoms with Crippen molar-refractivity contribution >= 4 is 11.8 Å². The van der Waals surface area contributed by atoms with E-state index >= 15 is 0 Å². The third-order valence-corrected chi connectivity index (χ3v) is 2.09. The van der Waals surface area contributed by atoms with Crippen LogP contribution in [-0.2, 0) is 4.74 Å². The molecule has 0 amide bonds. The summed E-state index contributed by atoms with van der Waals surface area (Å²) in [7, 11) is 1.29. The number of aliphatic hydroxyl groups is 1. The third-order valence-electron chi connectivity index (χ3n) is 2.09. The Morgan fingerprint density at radius 2 is 2.31 bits per heavy atom. The Morgan fingerprint density at radius 3 is 2.88 bits per heavy atom. The molecule has 0 aromatic carbocycles. The first-order valence-electron chi connectivity index (χ1n) is 4.99. The predicted octanol–water partition coefficient (Wildman–Crippen LogP) is 0.0818. The van der Waals surface area contributed by atoms with Gasteiger partial charge in [0.2, 0.25) is 0 Å². The fourth-order valence-corrected chi connectivity index (χ4v) is 1.27. The maximum atomic E-state index is 11.2. The molecule has 0 unspecified atom stereocenters. The summed E-state index contributed by atoms with van der Waals surface area (Å²) in [6, 6.07) is 0. The summed E-state index contributed by atoms with van der Waals surface area (Å²) in [6.07, 6.45) is 2.90. The average Bonchev–Trinajstić information content (AvgIpc) is 2.35. The number of carbonyl (C=O) groups is 1. The molecule has 0 spiro atoms. The summed E-state index contributed by atoms with van der Waals surface area (Å²) in [5, 5.41) is 8.87. The van der Waals surface area contributed by atoms with E-state index in [-0.39, 0.29) is 12.3 Å². The minimum atomic E-state index is -0.519. The van der Waals surface area contributed by atoms with Crippen LogP contribution < -0.4 is 4.90 Å². The number of anilines is 1. The first kappa shape index (κ1) is 12.4. The number of rotatable bonds is 5. The first-order chi connectivity index (χ1) is 7.72. The summed E-state index contributed by atoms with van der Waals surface area (Å²) < 4.78 is 4.56. The van der Waals surface area contributed by atoms with Crippen LogP contribution in [0.4, 0.5) is 5.82 Å². The number of nitrogens with zero attached hydrogens (tertiary/aromatic N) is 3. The molecule has 1 N–H and O–H groups in total. The number of hydrogen-bond acceptors (Lipinski definition) is 6. The van der Waals surface area contributed by atoms with E-state index in [1.54, 1.807) is 6.20 Å². The number of aromatic nitrogens is 2. The summed E-state index contributed by atoms with van der Waals surface area (Å²) in [6.45, 7) is 3.09. The lowest BCUT2D eigenvalue weighted by molar-refractivity contribution is 0.0593. The van der Waals surface area contributed by atoms with E-state index in [1.807, 2.05) is 11.8 Å². The Hall–Kier alpha value is -1.69. The zero-order chi connectivity index (χ0) is 12.0. The summed E-state index contributed by atoms with van der Waals surface area (Å²) in [5.41, 5.74) is 0.163. The minimum absolute atomic E-state index is 0.0258. The molecule has 0 saturated heterocycles. The lowest BCUT2D eigenvalue weighted by Crippen LogP contribution is -2.27. The highest BCUT2D eigenvalue weighted by molar-refractivity contribution is 5.87. The van der Waals surface area contributed by atoms with E-state index in [0.717, 1.165) is 0 Å². The highest BCUT2D eigenvalue weighted by atomic mass is 16.5. The summed E-state index contributed by atoms with van der Waals surface area (Å²) in [5.74, 6) is 0.0360. The van der Waals surface area contributed by atoms with Crippen molar-refractivity contribution in [2.24, 2.45) is 0 Å². The van der Waals surface area contributed by atoms with Crippen LogP contribution in [0.3, 0.4) is 0 Å². The van der Waals surface area contributed by atoms with Gasteiger partial charge < -0.3 is 14.7 Å². The number of aliphatic hydroxyl groups excluding tert-OH is 1. The van der Waals surface area contributed by atoms with Crippen LogP contribution in [0.1, 0.15) is 17.4 Å². The van der Waals surface area contributed by atoms with Gasteiger partial charge >= 0.3 is 5.97 Å². The van der Waals surface area contributed by atoms with E-state index in [0.29, 0.717) is 18.9 Å². The molecule has 0 radical (unpaired) electrons. The number of ether oxygens (including phenoxy) is 1. The van der Waals surface area contributed by atoms with Gasteiger partial charge in [0.05, 0.1) is 26.1 Å². The smallest absolute Gasteiger partial charge is 0.358 e. The highest BCUT2D eigenvalue weighted by Gasteiger charge is 2.11. The fourth-order valence-electron chi connectivity index (χ4n) is 1.27. The molecule has 1 heterocycles. The van der Waals surface area contributed by atoms with Gasteiger partial charge in [-0.1, -0.05) is 0 Å². The van der Waals surface area contributed by atoms with E-state index in [2.05, 4.69) is 14.7 Å². The molecule has 1 rings (SSSR count). The van der Waals surface area contributed by atoms with Gasteiger partial charge in [0.1, 0.15) is 5.82 Å². The molecular formula is C10H15N3O3. The quantitative estimate of drug-likeness (QED) is 0.715. The largest absolute Gasteiger partial charge is 0.464 e. The zero-order valence-electron chi connectivity index (χ0n) is 9.38. The van der Waals surface area contributed by atoms with Crippen molar-refractivity contribution in [2.45, 2.75) is 6.92 Å². The van der Waals surface area contributed by atoms with Gasteiger partial charge in [-0.3, -0.25) is 4.98 Å². The Kier molecular flexibility index (Phi) is 4.65. The van der Waals surface area contributed by atoms with Crippen LogP contribution in [0, 0.1) is 0 Å². The molecule has 6 nitrogen and oxygen atoms in total. The second-order valence-corrected chi connectivity index (χ2v) is 3.06. The summed E-state index contributed by atoms with van der Waals surface area (Å²) >= 11 is 0. The number of esters is 1. The van der Waals surface area contributed by atoms with Gasteiger partial charge in [-0.15, -0.1) is 0 Å². The minimum Gasteiger partial charge on any atom is -0.464 e. The standard InChI is InChI=1S/C10H15N3O3/c1-3-13(4-5-14)9-7-11-6-8(12-9)10(15)16-2/h6-7,14H,3-5H2,1-2H3. The van der Waals surface area contributed by atoms with E-state index in [1.165, 1.54) is 13.3 Å². The second kappa shape index (κ2) is 6.02. The monoisotopic (exact) mass is 225 g/mol. The predicted molar refractivity (Wildman–Crippen MR) is 58.3 cm³/mol. The summed E-state index contributed by atoms with van der Waals surface area (Å²) in [4.78, 5) is 21.1. The van der Waals surface area contributed by atoms with Crippen LogP contribution >= 0.6 is 0 Å². The van der Waals surface area contributed by atoms with Crippen LogP contribution in [0.2, 0.25) is 0 Å². The highest BCUT2D eigenvalue weighted by Crippen LogP contribution is 2.09. The van der Waals surface area contributed by atoms with Crippen LogP contribution in [0.25, 0.3) is 0 Å². The molecule has 1 aromatic rings. The first-order valence-corrected chi connectivity index (χ1v) is 4.99. The van der Waals surface area contributed by atoms with Crippen LogP contribution in [0.5, 0.6) is 0 Å². The number of hydrogen-bond donors (Lipinski definition) is 1. The van der Waals surface area contributed by atoms with Gasteiger partial charge in [-0.05, 0) is 6.92 Å². The van der Waals surface area contributed by atoms with Gasteiger partial charge in [0.25, 0.3) is 0 Å². The molecule has 0 bridgehead atoms. The molecular weight excluding hydrogens is 210 g/mol.